The second-order valence-corrected chi connectivity index (χ2v) is 3.73. The van der Waals surface area contributed by atoms with E-state index in [1.807, 2.05) is 6.92 Å². The van der Waals surface area contributed by atoms with Gasteiger partial charge in [-0.15, -0.1) is 0 Å². The summed E-state index contributed by atoms with van der Waals surface area (Å²) in [5.41, 5.74) is 0. The summed E-state index contributed by atoms with van der Waals surface area (Å²) in [5, 5.41) is 0. The van der Waals surface area contributed by atoms with Crippen molar-refractivity contribution in [3.8, 4) is 0 Å². The van der Waals surface area contributed by atoms with Gasteiger partial charge in [-0.05, 0) is 39.0 Å². The van der Waals surface area contributed by atoms with Gasteiger partial charge < -0.3 is 9.47 Å². The maximum Gasteiger partial charge on any atom is 0.157 e. The van der Waals surface area contributed by atoms with E-state index in [0.717, 1.165) is 32.5 Å². The van der Waals surface area contributed by atoms with E-state index < -0.39 is 0 Å². The molecule has 0 aromatic rings. The first-order valence-corrected chi connectivity index (χ1v) is 5.93. The quantitative estimate of drug-likeness (QED) is 0.494. The molecule has 1 rings (SSSR count). The van der Waals surface area contributed by atoms with Crippen LogP contribution in [0.3, 0.4) is 0 Å². The van der Waals surface area contributed by atoms with Crippen LogP contribution >= 0.6 is 0 Å². The van der Waals surface area contributed by atoms with Crippen LogP contribution in [-0.2, 0) is 9.47 Å². The molecule has 0 saturated carbocycles. The Bertz CT molecular complexity index is 191. The number of allylic oxidation sites excluding steroid dienone is 3. The minimum absolute atomic E-state index is 0.0580. The molecule has 15 heavy (non-hydrogen) atoms. The van der Waals surface area contributed by atoms with E-state index in [4.69, 9.17) is 9.47 Å². The third kappa shape index (κ3) is 6.47. The van der Waals surface area contributed by atoms with Crippen molar-refractivity contribution in [1.82, 2.24) is 0 Å². The molecule has 86 valence electrons. The zero-order valence-electron chi connectivity index (χ0n) is 9.65. The highest BCUT2D eigenvalue weighted by Crippen LogP contribution is 2.13. The predicted octanol–water partition coefficient (Wildman–Crippen LogP) is 3.44. The molecule has 0 aliphatic carbocycles. The van der Waals surface area contributed by atoms with E-state index >= 15 is 0 Å². The lowest BCUT2D eigenvalue weighted by atomic mass is 10.2. The van der Waals surface area contributed by atoms with E-state index in [0.29, 0.717) is 0 Å². The lowest BCUT2D eigenvalue weighted by molar-refractivity contribution is -0.161. The van der Waals surface area contributed by atoms with E-state index in [1.54, 1.807) is 0 Å². The molecule has 0 aromatic heterocycles. The summed E-state index contributed by atoms with van der Waals surface area (Å²) in [5.74, 6) is 0. The van der Waals surface area contributed by atoms with E-state index in [1.165, 1.54) is 12.8 Å². The molecule has 0 spiro atoms. The van der Waals surface area contributed by atoms with Crippen LogP contribution in [0.2, 0.25) is 0 Å². The first-order valence-electron chi connectivity index (χ1n) is 5.93. The van der Waals surface area contributed by atoms with Crippen LogP contribution in [-0.4, -0.2) is 19.5 Å². The minimum Gasteiger partial charge on any atom is -0.353 e. The fraction of sp³-hybridized carbons (Fsp3) is 0.692. The van der Waals surface area contributed by atoms with E-state index in [-0.39, 0.29) is 6.29 Å². The Morgan fingerprint density at radius 2 is 2.20 bits per heavy atom. The Balaban J connectivity index is 1.93. The van der Waals surface area contributed by atoms with Crippen molar-refractivity contribution in [2.24, 2.45) is 0 Å². The third-order valence-electron chi connectivity index (χ3n) is 2.40. The second kappa shape index (κ2) is 8.69. The van der Waals surface area contributed by atoms with Gasteiger partial charge in [0.2, 0.25) is 0 Å². The molecule has 1 unspecified atom stereocenters. The Labute approximate surface area is 93.0 Å². The normalized spacial score (nSPS) is 22.9. The standard InChI is InChI=1S/C13H22O2/c1-2-3-4-5-6-8-11-14-13-10-7-9-12-15-13/h2-3,5-6,13H,4,7-12H2,1H3/b3-2-,6-5-. The summed E-state index contributed by atoms with van der Waals surface area (Å²) in [4.78, 5) is 0. The van der Waals surface area contributed by atoms with Crippen molar-refractivity contribution >= 4 is 0 Å². The molecule has 0 aromatic carbocycles. The fourth-order valence-corrected chi connectivity index (χ4v) is 1.54. The SMILES string of the molecule is C/C=C\C/C=C\CCOC1CCCCO1. The van der Waals surface area contributed by atoms with Gasteiger partial charge in [-0.2, -0.15) is 0 Å². The predicted molar refractivity (Wildman–Crippen MR) is 62.7 cm³/mol. The summed E-state index contributed by atoms with van der Waals surface area (Å²) in [6, 6.07) is 0. The van der Waals surface area contributed by atoms with Gasteiger partial charge in [-0.1, -0.05) is 24.3 Å². The van der Waals surface area contributed by atoms with Crippen molar-refractivity contribution in [3.63, 3.8) is 0 Å². The van der Waals surface area contributed by atoms with Gasteiger partial charge in [0.1, 0.15) is 0 Å². The molecule has 1 saturated heterocycles. The molecule has 2 nitrogen and oxygen atoms in total. The topological polar surface area (TPSA) is 18.5 Å². The summed E-state index contributed by atoms with van der Waals surface area (Å²) in [7, 11) is 0. The lowest BCUT2D eigenvalue weighted by Crippen LogP contribution is -2.22. The molecule has 1 aliphatic heterocycles. The molecule has 1 aliphatic rings. The maximum atomic E-state index is 5.60. The number of hydrogen-bond donors (Lipinski definition) is 0. The second-order valence-electron chi connectivity index (χ2n) is 3.73. The van der Waals surface area contributed by atoms with Gasteiger partial charge in [0, 0.05) is 6.61 Å². The van der Waals surface area contributed by atoms with Gasteiger partial charge in [0.05, 0.1) is 6.61 Å². The summed E-state index contributed by atoms with van der Waals surface area (Å²) in [6.07, 6.45) is 14.1. The van der Waals surface area contributed by atoms with Crippen LogP contribution < -0.4 is 0 Å². The highest BCUT2D eigenvalue weighted by Gasteiger charge is 2.12. The molecule has 0 amide bonds. The van der Waals surface area contributed by atoms with Gasteiger partial charge in [0.25, 0.3) is 0 Å². The summed E-state index contributed by atoms with van der Waals surface area (Å²) in [6.45, 7) is 3.68. The maximum absolute atomic E-state index is 5.60. The van der Waals surface area contributed by atoms with Crippen LogP contribution in [0, 0.1) is 0 Å². The molecule has 0 N–H and O–H groups in total. The molecular formula is C13H22O2. The molecule has 1 heterocycles. The van der Waals surface area contributed by atoms with Gasteiger partial charge in [0.15, 0.2) is 6.29 Å². The van der Waals surface area contributed by atoms with Gasteiger partial charge >= 0.3 is 0 Å². The molecular weight excluding hydrogens is 188 g/mol. The first kappa shape index (κ1) is 12.5. The fourth-order valence-electron chi connectivity index (χ4n) is 1.54. The van der Waals surface area contributed by atoms with E-state index in [9.17, 15) is 0 Å². The monoisotopic (exact) mass is 210 g/mol. The highest BCUT2D eigenvalue weighted by molar-refractivity contribution is 4.91. The van der Waals surface area contributed by atoms with Crippen molar-refractivity contribution < 1.29 is 9.47 Å². The van der Waals surface area contributed by atoms with Crippen molar-refractivity contribution in [3.05, 3.63) is 24.3 Å². The summed E-state index contributed by atoms with van der Waals surface area (Å²) >= 11 is 0. The third-order valence-corrected chi connectivity index (χ3v) is 2.40. The Morgan fingerprint density at radius 1 is 1.27 bits per heavy atom. The molecule has 1 atom stereocenters. The largest absolute Gasteiger partial charge is 0.353 e. The Morgan fingerprint density at radius 3 is 2.93 bits per heavy atom. The van der Waals surface area contributed by atoms with Crippen LogP contribution in [0.5, 0.6) is 0 Å². The van der Waals surface area contributed by atoms with Crippen LogP contribution in [0.1, 0.15) is 39.0 Å². The smallest absolute Gasteiger partial charge is 0.157 e. The number of rotatable bonds is 6. The van der Waals surface area contributed by atoms with Crippen molar-refractivity contribution in [1.29, 1.82) is 0 Å². The average molecular weight is 210 g/mol. The lowest BCUT2D eigenvalue weighted by Gasteiger charge is -2.22. The first-order chi connectivity index (χ1) is 7.43. The Kier molecular flexibility index (Phi) is 7.22. The van der Waals surface area contributed by atoms with Crippen molar-refractivity contribution in [2.75, 3.05) is 13.2 Å². The number of ether oxygens (including phenoxy) is 2. The molecule has 0 radical (unpaired) electrons. The number of hydrogen-bond acceptors (Lipinski definition) is 2. The average Bonchev–Trinajstić information content (AvgIpc) is 2.29. The Hall–Kier alpha value is -0.600. The highest BCUT2D eigenvalue weighted by atomic mass is 16.7. The zero-order valence-corrected chi connectivity index (χ0v) is 9.65. The van der Waals surface area contributed by atoms with Crippen LogP contribution in [0.25, 0.3) is 0 Å². The van der Waals surface area contributed by atoms with Gasteiger partial charge in [-0.3, -0.25) is 0 Å². The van der Waals surface area contributed by atoms with E-state index in [2.05, 4.69) is 24.3 Å². The molecule has 1 fully saturated rings. The van der Waals surface area contributed by atoms with Gasteiger partial charge in [-0.25, -0.2) is 0 Å². The van der Waals surface area contributed by atoms with Crippen molar-refractivity contribution in [2.45, 2.75) is 45.3 Å². The van der Waals surface area contributed by atoms with Crippen LogP contribution in [0.15, 0.2) is 24.3 Å². The van der Waals surface area contributed by atoms with Crippen LogP contribution in [0.4, 0.5) is 0 Å². The molecule has 2 heteroatoms. The zero-order chi connectivity index (χ0) is 10.8. The molecule has 0 bridgehead atoms. The summed E-state index contributed by atoms with van der Waals surface area (Å²) < 4.78 is 11.1. The minimum atomic E-state index is 0.0580.